The first-order chi connectivity index (χ1) is 13.4. The molecular formula is C19H23N5O4. The molecule has 1 aliphatic carbocycles. The van der Waals surface area contributed by atoms with Crippen LogP contribution in [0, 0.1) is 5.92 Å². The van der Waals surface area contributed by atoms with Gasteiger partial charge in [0.25, 0.3) is 17.0 Å². The molecule has 0 spiro atoms. The molecule has 1 saturated heterocycles. The monoisotopic (exact) mass is 385 g/mol. The fourth-order valence-corrected chi connectivity index (χ4v) is 3.64. The van der Waals surface area contributed by atoms with E-state index >= 15 is 0 Å². The third-order valence-corrected chi connectivity index (χ3v) is 5.63. The zero-order valence-corrected chi connectivity index (χ0v) is 15.8. The first kappa shape index (κ1) is 18.4. The van der Waals surface area contributed by atoms with Crippen LogP contribution in [-0.4, -0.2) is 43.2 Å². The first-order valence-corrected chi connectivity index (χ1v) is 9.60. The number of hydrogen-bond donors (Lipinski definition) is 1. The van der Waals surface area contributed by atoms with Crippen molar-refractivity contribution in [1.29, 1.82) is 0 Å². The Kier molecular flexibility index (Phi) is 4.74. The van der Waals surface area contributed by atoms with Crippen LogP contribution in [0.25, 0.3) is 0 Å². The molecule has 2 fully saturated rings. The molecule has 1 saturated carbocycles. The highest BCUT2D eigenvalue weighted by Gasteiger charge is 2.28. The summed E-state index contributed by atoms with van der Waals surface area (Å²) < 4.78 is 2.44. The molecule has 9 heteroatoms. The van der Waals surface area contributed by atoms with Gasteiger partial charge in [-0.05, 0) is 37.7 Å². The van der Waals surface area contributed by atoms with E-state index < -0.39 is 11.2 Å². The summed E-state index contributed by atoms with van der Waals surface area (Å²) in [5, 5.41) is 4.51. The summed E-state index contributed by atoms with van der Waals surface area (Å²) >= 11 is 0. The fraction of sp³-hybridized carbons (Fsp3) is 0.526. The number of H-pyrrole nitrogens is 1. The van der Waals surface area contributed by atoms with Gasteiger partial charge >= 0.3 is 5.69 Å². The van der Waals surface area contributed by atoms with Gasteiger partial charge in [-0.2, -0.15) is 5.10 Å². The number of likely N-dealkylation sites (tertiary alicyclic amines) is 1. The molecule has 9 nitrogen and oxygen atoms in total. The Hall–Kier alpha value is -2.97. The highest BCUT2D eigenvalue weighted by Crippen LogP contribution is 2.38. The summed E-state index contributed by atoms with van der Waals surface area (Å²) in [6.45, 7) is 1.55. The van der Waals surface area contributed by atoms with E-state index in [2.05, 4.69) is 10.1 Å². The summed E-state index contributed by atoms with van der Waals surface area (Å²) in [4.78, 5) is 52.4. The van der Waals surface area contributed by atoms with Gasteiger partial charge in [-0.1, -0.05) is 0 Å². The smallest absolute Gasteiger partial charge is 0.328 e. The van der Waals surface area contributed by atoms with Crippen molar-refractivity contribution in [2.24, 2.45) is 13.0 Å². The van der Waals surface area contributed by atoms with E-state index in [9.17, 15) is 19.2 Å². The predicted octanol–water partition coefficient (Wildman–Crippen LogP) is 0.0601. The second-order valence-electron chi connectivity index (χ2n) is 7.66. The first-order valence-electron chi connectivity index (χ1n) is 9.60. The molecule has 2 aliphatic rings. The predicted molar refractivity (Wildman–Crippen MR) is 101 cm³/mol. The molecule has 2 aromatic heterocycles. The molecule has 1 amide bonds. The van der Waals surface area contributed by atoms with Gasteiger partial charge in [0, 0.05) is 44.9 Å². The number of carbonyl (C=O) groups excluding carboxylic acids is 1. The normalized spacial score (nSPS) is 17.7. The van der Waals surface area contributed by atoms with E-state index in [-0.39, 0.29) is 22.9 Å². The maximum atomic E-state index is 12.7. The van der Waals surface area contributed by atoms with E-state index in [0.717, 1.165) is 35.9 Å². The molecule has 1 aliphatic heterocycles. The lowest BCUT2D eigenvalue weighted by Gasteiger charge is -2.32. The van der Waals surface area contributed by atoms with Crippen LogP contribution >= 0.6 is 0 Å². The van der Waals surface area contributed by atoms with Crippen molar-refractivity contribution in [3.05, 3.63) is 60.8 Å². The van der Waals surface area contributed by atoms with Crippen LogP contribution in [0.15, 0.2) is 32.7 Å². The highest BCUT2D eigenvalue weighted by molar-refractivity contribution is 5.93. The summed E-state index contributed by atoms with van der Waals surface area (Å²) in [7, 11) is 1.34. The Morgan fingerprint density at radius 3 is 2.54 bits per heavy atom. The van der Waals surface area contributed by atoms with Crippen molar-refractivity contribution in [1.82, 2.24) is 24.2 Å². The molecule has 1 N–H and O–H groups in total. The van der Waals surface area contributed by atoms with Gasteiger partial charge in [0.05, 0.1) is 5.69 Å². The molecule has 148 valence electrons. The fourth-order valence-electron chi connectivity index (χ4n) is 3.64. The number of amides is 1. The zero-order chi connectivity index (χ0) is 19.8. The van der Waals surface area contributed by atoms with Crippen LogP contribution in [0.2, 0.25) is 0 Å². The van der Waals surface area contributed by atoms with Crippen LogP contribution in [0.1, 0.15) is 47.7 Å². The average molecular weight is 385 g/mol. The number of aromatic amines is 1. The van der Waals surface area contributed by atoms with Gasteiger partial charge in [-0.3, -0.25) is 19.0 Å². The van der Waals surface area contributed by atoms with Crippen molar-refractivity contribution < 1.29 is 4.79 Å². The summed E-state index contributed by atoms with van der Waals surface area (Å²) in [6.07, 6.45) is 4.92. The average Bonchev–Trinajstić information content (AvgIpc) is 3.53. The van der Waals surface area contributed by atoms with Crippen molar-refractivity contribution in [3.8, 4) is 0 Å². The Bertz CT molecular complexity index is 1070. The number of hydrogen-bond acceptors (Lipinski definition) is 5. The Morgan fingerprint density at radius 1 is 1.14 bits per heavy atom. The number of aromatic nitrogens is 4. The Balaban J connectivity index is 1.41. The van der Waals surface area contributed by atoms with Gasteiger partial charge in [-0.15, -0.1) is 0 Å². The summed E-state index contributed by atoms with van der Waals surface area (Å²) in [5.74, 6) is 0.370. The second-order valence-corrected chi connectivity index (χ2v) is 7.66. The second kappa shape index (κ2) is 7.21. The van der Waals surface area contributed by atoms with Crippen LogP contribution in [0.5, 0.6) is 0 Å². The molecule has 28 heavy (non-hydrogen) atoms. The van der Waals surface area contributed by atoms with E-state index in [1.54, 1.807) is 15.6 Å². The molecule has 0 radical (unpaired) electrons. The SMILES string of the molecule is Cn1c(=O)[nH]cc(C(=O)N2CCC(Cn3nc(C4CC4)ccc3=O)CC2)c1=O. The lowest BCUT2D eigenvalue weighted by atomic mass is 9.96. The van der Waals surface area contributed by atoms with Crippen LogP contribution in [-0.2, 0) is 13.6 Å². The lowest BCUT2D eigenvalue weighted by molar-refractivity contribution is 0.0677. The molecule has 0 aromatic carbocycles. The van der Waals surface area contributed by atoms with Crippen LogP contribution < -0.4 is 16.8 Å². The minimum atomic E-state index is -0.594. The minimum Gasteiger partial charge on any atom is -0.338 e. The quantitative estimate of drug-likeness (QED) is 0.800. The molecule has 0 unspecified atom stereocenters. The summed E-state index contributed by atoms with van der Waals surface area (Å²) in [5.41, 5.74) is -0.286. The van der Waals surface area contributed by atoms with Crippen molar-refractivity contribution in [3.63, 3.8) is 0 Å². The van der Waals surface area contributed by atoms with Crippen LogP contribution in [0.3, 0.4) is 0 Å². The van der Waals surface area contributed by atoms with Crippen LogP contribution in [0.4, 0.5) is 0 Å². The number of carbonyl (C=O) groups is 1. The standard InChI is InChI=1S/C19H23N5O4/c1-22-17(26)14(10-20-19(22)28)18(27)23-8-6-12(7-9-23)11-24-16(25)5-4-15(21-24)13-2-3-13/h4-5,10,12-13H,2-3,6-9,11H2,1H3,(H,20,28). The van der Waals surface area contributed by atoms with Crippen molar-refractivity contribution in [2.75, 3.05) is 13.1 Å². The molecule has 2 aromatic rings. The lowest BCUT2D eigenvalue weighted by Crippen LogP contribution is -2.44. The molecule has 0 bridgehead atoms. The van der Waals surface area contributed by atoms with Gasteiger partial charge in [0.2, 0.25) is 0 Å². The maximum Gasteiger partial charge on any atom is 0.328 e. The summed E-state index contributed by atoms with van der Waals surface area (Å²) in [6, 6.07) is 3.41. The van der Waals surface area contributed by atoms with E-state index in [1.165, 1.54) is 13.2 Å². The molecular weight excluding hydrogens is 362 g/mol. The number of nitrogens with one attached hydrogen (secondary N) is 1. The maximum absolute atomic E-state index is 12.7. The van der Waals surface area contributed by atoms with Gasteiger partial charge < -0.3 is 9.88 Å². The Labute approximate surface area is 160 Å². The van der Waals surface area contributed by atoms with Crippen molar-refractivity contribution >= 4 is 5.91 Å². The molecule has 0 atom stereocenters. The van der Waals surface area contributed by atoms with Gasteiger partial charge in [0.1, 0.15) is 5.56 Å². The zero-order valence-electron chi connectivity index (χ0n) is 15.8. The van der Waals surface area contributed by atoms with Gasteiger partial charge in [0.15, 0.2) is 0 Å². The number of rotatable bonds is 4. The Morgan fingerprint density at radius 2 is 1.86 bits per heavy atom. The van der Waals surface area contributed by atoms with E-state index in [1.807, 2.05) is 6.07 Å². The minimum absolute atomic E-state index is 0.0319. The molecule has 3 heterocycles. The van der Waals surface area contributed by atoms with E-state index in [4.69, 9.17) is 0 Å². The highest BCUT2D eigenvalue weighted by atomic mass is 16.2. The molecule has 4 rings (SSSR count). The third-order valence-electron chi connectivity index (χ3n) is 5.63. The largest absolute Gasteiger partial charge is 0.338 e. The third kappa shape index (κ3) is 3.56. The number of nitrogens with zero attached hydrogens (tertiary/aromatic N) is 4. The van der Waals surface area contributed by atoms with E-state index in [0.29, 0.717) is 25.6 Å². The van der Waals surface area contributed by atoms with Gasteiger partial charge in [-0.25, -0.2) is 9.48 Å². The topological polar surface area (TPSA) is 110 Å². The van der Waals surface area contributed by atoms with Crippen molar-refractivity contribution in [2.45, 2.75) is 38.1 Å². The number of piperidine rings is 1.